The topological polar surface area (TPSA) is 104 Å². The maximum atomic E-state index is 13.3. The Morgan fingerprint density at radius 1 is 1.33 bits per heavy atom. The number of carbonyl (C=O) groups is 1. The van der Waals surface area contributed by atoms with E-state index in [4.69, 9.17) is 0 Å². The first kappa shape index (κ1) is 21.5. The predicted molar refractivity (Wildman–Crippen MR) is 114 cm³/mol. The van der Waals surface area contributed by atoms with Crippen molar-refractivity contribution in [3.8, 4) is 11.8 Å². The van der Waals surface area contributed by atoms with Crippen molar-refractivity contribution in [3.05, 3.63) is 36.0 Å². The zero-order chi connectivity index (χ0) is 21.3. The minimum absolute atomic E-state index is 0.0219. The third kappa shape index (κ3) is 6.67. The highest BCUT2D eigenvalue weighted by Crippen LogP contribution is 2.26. The van der Waals surface area contributed by atoms with Gasteiger partial charge < -0.3 is 21.3 Å². The summed E-state index contributed by atoms with van der Waals surface area (Å²) in [4.78, 5) is 24.3. The molecule has 30 heavy (non-hydrogen) atoms. The van der Waals surface area contributed by atoms with Gasteiger partial charge in [0, 0.05) is 25.1 Å². The van der Waals surface area contributed by atoms with Crippen molar-refractivity contribution in [2.45, 2.75) is 44.7 Å². The molecule has 0 radical (unpaired) electrons. The number of unbranched alkanes of at least 4 members (excludes halogenated alkanes) is 1. The summed E-state index contributed by atoms with van der Waals surface area (Å²) in [6.45, 7) is 2.39. The Bertz CT molecular complexity index is 936. The first-order valence-corrected chi connectivity index (χ1v) is 10.00. The fraction of sp³-hybridized carbons (Fsp3) is 0.429. The van der Waals surface area contributed by atoms with E-state index in [1.807, 2.05) is 6.92 Å². The second-order valence-corrected chi connectivity index (χ2v) is 7.10. The monoisotopic (exact) mass is 411 g/mol. The van der Waals surface area contributed by atoms with E-state index in [0.29, 0.717) is 42.0 Å². The van der Waals surface area contributed by atoms with Crippen LogP contribution in [0.1, 0.15) is 38.2 Å². The summed E-state index contributed by atoms with van der Waals surface area (Å²) in [6, 6.07) is 1.52. The molecule has 0 bridgehead atoms. The second kappa shape index (κ2) is 10.5. The number of nitrogens with zero attached hydrogens (tertiary/aromatic N) is 3. The van der Waals surface area contributed by atoms with E-state index in [1.54, 1.807) is 13.2 Å². The van der Waals surface area contributed by atoms with Gasteiger partial charge >= 0.3 is 0 Å². The third-order valence-electron chi connectivity index (χ3n) is 4.50. The number of pyridine rings is 1. The highest BCUT2D eigenvalue weighted by molar-refractivity contribution is 5.81. The van der Waals surface area contributed by atoms with E-state index in [0.717, 1.165) is 25.5 Å². The average molecular weight is 411 g/mol. The molecule has 0 spiro atoms. The van der Waals surface area contributed by atoms with Crippen molar-refractivity contribution in [1.29, 1.82) is 0 Å². The number of hydrogen-bond donors (Lipinski definition) is 4. The maximum absolute atomic E-state index is 13.3. The van der Waals surface area contributed by atoms with Crippen molar-refractivity contribution >= 4 is 23.4 Å². The number of aromatic nitrogens is 3. The van der Waals surface area contributed by atoms with Crippen LogP contribution in [0.3, 0.4) is 0 Å². The summed E-state index contributed by atoms with van der Waals surface area (Å²) in [7, 11) is 1.75. The van der Waals surface area contributed by atoms with Crippen LogP contribution in [0.4, 0.5) is 21.8 Å². The van der Waals surface area contributed by atoms with Gasteiger partial charge in [0.1, 0.15) is 11.6 Å². The van der Waals surface area contributed by atoms with Crippen LogP contribution in [0.2, 0.25) is 0 Å². The lowest BCUT2D eigenvalue weighted by Gasteiger charge is -2.10. The van der Waals surface area contributed by atoms with Gasteiger partial charge in [-0.3, -0.25) is 9.78 Å². The lowest BCUT2D eigenvalue weighted by molar-refractivity contribution is -0.122. The Morgan fingerprint density at radius 2 is 2.17 bits per heavy atom. The highest BCUT2D eigenvalue weighted by Gasteiger charge is 2.22. The molecule has 1 fully saturated rings. The highest BCUT2D eigenvalue weighted by atomic mass is 19.1. The number of anilines is 3. The molecule has 0 saturated heterocycles. The maximum Gasteiger partial charge on any atom is 0.236 e. The van der Waals surface area contributed by atoms with Crippen molar-refractivity contribution in [2.24, 2.45) is 0 Å². The smallest absolute Gasteiger partial charge is 0.236 e. The number of nitrogens with one attached hydrogen (secondary N) is 4. The summed E-state index contributed by atoms with van der Waals surface area (Å²) < 4.78 is 13.3. The molecule has 0 unspecified atom stereocenters. The van der Waals surface area contributed by atoms with Gasteiger partial charge in [0.2, 0.25) is 11.9 Å². The molecule has 158 valence electrons. The van der Waals surface area contributed by atoms with Gasteiger partial charge in [-0.2, -0.15) is 4.98 Å². The first-order valence-electron chi connectivity index (χ1n) is 10.00. The first-order chi connectivity index (χ1) is 14.5. The van der Waals surface area contributed by atoms with E-state index in [1.165, 1.54) is 12.3 Å². The Kier molecular flexibility index (Phi) is 7.51. The molecule has 8 nitrogen and oxygen atoms in total. The van der Waals surface area contributed by atoms with Gasteiger partial charge in [-0.1, -0.05) is 11.8 Å². The molecular formula is C21H26FN7O. The fourth-order valence-corrected chi connectivity index (χ4v) is 2.50. The van der Waals surface area contributed by atoms with Crippen molar-refractivity contribution < 1.29 is 9.18 Å². The average Bonchev–Trinajstić information content (AvgIpc) is 3.55. The van der Waals surface area contributed by atoms with Gasteiger partial charge in [0.05, 0.1) is 35.9 Å². The molecule has 2 aromatic rings. The summed E-state index contributed by atoms with van der Waals surface area (Å²) in [6.07, 6.45) is 7.88. The molecule has 1 saturated carbocycles. The van der Waals surface area contributed by atoms with Crippen molar-refractivity contribution in [2.75, 3.05) is 24.2 Å². The van der Waals surface area contributed by atoms with Crippen LogP contribution < -0.4 is 21.3 Å². The molecule has 0 aromatic carbocycles. The minimum Gasteiger partial charge on any atom is -0.366 e. The van der Waals surface area contributed by atoms with E-state index in [9.17, 15) is 9.18 Å². The number of rotatable bonds is 9. The lowest BCUT2D eigenvalue weighted by atomic mass is 10.2. The van der Waals surface area contributed by atoms with Crippen molar-refractivity contribution in [3.63, 3.8) is 0 Å². The number of carbonyl (C=O) groups excluding carboxylic acids is 1. The van der Waals surface area contributed by atoms with Gasteiger partial charge in [-0.25, -0.2) is 9.37 Å². The molecule has 4 N–H and O–H groups in total. The normalized spacial score (nSPS) is 13.7. The van der Waals surface area contributed by atoms with Crippen LogP contribution in [0, 0.1) is 17.7 Å². The number of amides is 1. The largest absolute Gasteiger partial charge is 0.366 e. The number of likely N-dealkylation sites (N-methyl/N-ethyl adjacent to an activating group) is 1. The Balaban J connectivity index is 1.59. The lowest BCUT2D eigenvalue weighted by Crippen LogP contribution is -2.40. The summed E-state index contributed by atoms with van der Waals surface area (Å²) in [5, 5.41) is 12.1. The summed E-state index contributed by atoms with van der Waals surface area (Å²) in [5.41, 5.74) is 1.18. The minimum atomic E-state index is -0.435. The molecular weight excluding hydrogens is 385 g/mol. The fourth-order valence-electron chi connectivity index (χ4n) is 2.50. The van der Waals surface area contributed by atoms with Crippen LogP contribution >= 0.6 is 0 Å². The van der Waals surface area contributed by atoms with E-state index in [2.05, 4.69) is 48.1 Å². The van der Waals surface area contributed by atoms with Gasteiger partial charge in [0.15, 0.2) is 0 Å². The molecule has 3 rings (SSSR count). The molecule has 0 aliphatic heterocycles. The van der Waals surface area contributed by atoms with Gasteiger partial charge in [-0.15, -0.1) is 0 Å². The third-order valence-corrected chi connectivity index (χ3v) is 4.50. The summed E-state index contributed by atoms with van der Waals surface area (Å²) >= 11 is 0. The zero-order valence-electron chi connectivity index (χ0n) is 17.1. The van der Waals surface area contributed by atoms with E-state index in [-0.39, 0.29) is 11.9 Å². The predicted octanol–water partition coefficient (Wildman–Crippen LogP) is 2.18. The number of halogens is 1. The second-order valence-electron chi connectivity index (χ2n) is 7.10. The standard InChI is InChI=1S/C21H26FN7O/c1-14(23-2)20(30)25-9-5-3-4-6-15-11-26-21(29-19(15)27-17-7-8-17)28-18-10-16(22)12-24-13-18/h10-14,17,23H,3,5,7-9H2,1-2H3,(H,25,30)(H2,26,27,28,29)/t14-/m0/s1. The van der Waals surface area contributed by atoms with Crippen LogP contribution in [0.15, 0.2) is 24.7 Å². The molecule has 2 aromatic heterocycles. The van der Waals surface area contributed by atoms with Crippen LogP contribution in [-0.2, 0) is 4.79 Å². The molecule has 1 amide bonds. The van der Waals surface area contributed by atoms with Crippen LogP contribution in [-0.4, -0.2) is 46.5 Å². The van der Waals surface area contributed by atoms with Crippen LogP contribution in [0.25, 0.3) is 0 Å². The van der Waals surface area contributed by atoms with E-state index >= 15 is 0 Å². The number of hydrogen-bond acceptors (Lipinski definition) is 7. The SMILES string of the molecule is CN[C@@H](C)C(=O)NCCCC#Cc1cnc(Nc2cncc(F)c2)nc1NC1CC1. The van der Waals surface area contributed by atoms with Crippen LogP contribution in [0.5, 0.6) is 0 Å². The summed E-state index contributed by atoms with van der Waals surface area (Å²) in [5.74, 6) is 6.76. The Labute approximate surface area is 175 Å². The van der Waals surface area contributed by atoms with E-state index < -0.39 is 5.82 Å². The van der Waals surface area contributed by atoms with Crippen molar-refractivity contribution in [1.82, 2.24) is 25.6 Å². The van der Waals surface area contributed by atoms with Gasteiger partial charge in [-0.05, 0) is 33.2 Å². The molecule has 1 atom stereocenters. The molecule has 9 heteroatoms. The molecule has 1 aliphatic rings. The Morgan fingerprint density at radius 3 is 2.90 bits per heavy atom. The molecule has 1 aliphatic carbocycles. The Hall–Kier alpha value is -3.25. The zero-order valence-corrected chi connectivity index (χ0v) is 17.1. The van der Waals surface area contributed by atoms with Gasteiger partial charge in [0.25, 0.3) is 0 Å². The quantitative estimate of drug-likeness (QED) is 0.370. The molecule has 2 heterocycles.